The number of thioether (sulfide) groups is 1. The molecule has 0 aliphatic rings. The zero-order valence-corrected chi connectivity index (χ0v) is 12.1. The van der Waals surface area contributed by atoms with Crippen molar-refractivity contribution in [1.82, 2.24) is 0 Å². The first-order chi connectivity index (χ1) is 9.70. The van der Waals surface area contributed by atoms with Gasteiger partial charge in [-0.2, -0.15) is 0 Å². The molecule has 2 nitrogen and oxygen atoms in total. The Balaban J connectivity index is 1.94. The summed E-state index contributed by atoms with van der Waals surface area (Å²) in [5.41, 5.74) is 0.803. The van der Waals surface area contributed by atoms with Crippen LogP contribution in [0.5, 0.6) is 5.75 Å². The van der Waals surface area contributed by atoms with Gasteiger partial charge in [0.15, 0.2) is 0 Å². The Kier molecular flexibility index (Phi) is 5.44. The van der Waals surface area contributed by atoms with Crippen molar-refractivity contribution in [1.29, 1.82) is 0 Å². The second-order valence-electron chi connectivity index (χ2n) is 4.26. The van der Waals surface area contributed by atoms with Crippen LogP contribution in [0.1, 0.15) is 18.6 Å². The molecule has 2 rings (SSSR count). The third-order valence-corrected chi connectivity index (χ3v) is 3.93. The van der Waals surface area contributed by atoms with Crippen LogP contribution in [0.3, 0.4) is 0 Å². The highest BCUT2D eigenvalue weighted by atomic mass is 32.2. The zero-order valence-electron chi connectivity index (χ0n) is 11.3. The minimum Gasteiger partial charge on any atom is -0.494 e. The Bertz CT molecular complexity index is 542. The fourth-order valence-electron chi connectivity index (χ4n) is 1.78. The van der Waals surface area contributed by atoms with E-state index in [1.165, 1.54) is 17.8 Å². The molecule has 0 amide bonds. The van der Waals surface area contributed by atoms with Gasteiger partial charge in [0.1, 0.15) is 11.6 Å². The van der Waals surface area contributed by atoms with Gasteiger partial charge >= 0.3 is 0 Å². The lowest BCUT2D eigenvalue weighted by atomic mass is 10.1. The van der Waals surface area contributed by atoms with Gasteiger partial charge in [0, 0.05) is 10.6 Å². The molecular weight excluding hydrogens is 275 g/mol. The molecule has 0 aromatic heterocycles. The maximum absolute atomic E-state index is 13.5. The first-order valence-electron chi connectivity index (χ1n) is 6.49. The Labute approximate surface area is 122 Å². The van der Waals surface area contributed by atoms with Gasteiger partial charge in [-0.05, 0) is 36.8 Å². The summed E-state index contributed by atoms with van der Waals surface area (Å²) in [5.74, 6) is 0.941. The molecule has 1 atom stereocenters. The van der Waals surface area contributed by atoms with E-state index < -0.39 is 6.10 Å². The molecule has 0 spiro atoms. The normalized spacial score (nSPS) is 12.2. The van der Waals surface area contributed by atoms with Crippen LogP contribution in [0.25, 0.3) is 0 Å². The molecule has 0 radical (unpaired) electrons. The topological polar surface area (TPSA) is 29.5 Å². The smallest absolute Gasteiger partial charge is 0.136 e. The second-order valence-corrected chi connectivity index (χ2v) is 5.32. The largest absolute Gasteiger partial charge is 0.494 e. The number of rotatable bonds is 6. The molecular formula is C16H17FO2S. The number of hydrogen-bond acceptors (Lipinski definition) is 3. The predicted octanol–water partition coefficient (Wildman–Crippen LogP) is 4.05. The minimum absolute atomic E-state index is 0.253. The molecule has 2 aromatic carbocycles. The highest BCUT2D eigenvalue weighted by molar-refractivity contribution is 7.99. The van der Waals surface area contributed by atoms with Crippen LogP contribution in [-0.4, -0.2) is 17.5 Å². The van der Waals surface area contributed by atoms with Gasteiger partial charge in [-0.1, -0.05) is 24.3 Å². The molecule has 1 N–H and O–H groups in total. The first kappa shape index (κ1) is 14.9. The molecule has 0 fully saturated rings. The fourth-order valence-corrected chi connectivity index (χ4v) is 2.69. The van der Waals surface area contributed by atoms with Crippen LogP contribution in [0.2, 0.25) is 0 Å². The standard InChI is InChI=1S/C16H17FO2S/c1-2-19-13-9-7-12(8-10-13)15(18)11-20-16-6-4-3-5-14(16)17/h3-10,15,18H,2,11H2,1H3. The van der Waals surface area contributed by atoms with Crippen molar-refractivity contribution in [2.45, 2.75) is 17.9 Å². The van der Waals surface area contributed by atoms with Gasteiger partial charge in [-0.15, -0.1) is 11.8 Å². The zero-order chi connectivity index (χ0) is 14.4. The van der Waals surface area contributed by atoms with E-state index in [2.05, 4.69) is 0 Å². The van der Waals surface area contributed by atoms with Crippen molar-refractivity contribution < 1.29 is 14.2 Å². The Morgan fingerprint density at radius 3 is 2.50 bits per heavy atom. The lowest BCUT2D eigenvalue weighted by Crippen LogP contribution is -2.01. The van der Waals surface area contributed by atoms with Gasteiger partial charge in [-0.25, -0.2) is 4.39 Å². The summed E-state index contributed by atoms with van der Waals surface area (Å²) in [6.07, 6.45) is -0.629. The SMILES string of the molecule is CCOc1ccc(C(O)CSc2ccccc2F)cc1. The molecule has 20 heavy (non-hydrogen) atoms. The number of hydrogen-bond donors (Lipinski definition) is 1. The molecule has 0 saturated carbocycles. The molecule has 0 aliphatic heterocycles. The molecule has 2 aromatic rings. The summed E-state index contributed by atoms with van der Waals surface area (Å²) in [7, 11) is 0. The van der Waals surface area contributed by atoms with Crippen molar-refractivity contribution in [3.05, 3.63) is 59.9 Å². The summed E-state index contributed by atoms with van der Waals surface area (Å²) >= 11 is 1.31. The third-order valence-electron chi connectivity index (χ3n) is 2.81. The monoisotopic (exact) mass is 292 g/mol. The summed E-state index contributed by atoms with van der Waals surface area (Å²) in [5, 5.41) is 10.1. The van der Waals surface area contributed by atoms with E-state index in [0.717, 1.165) is 11.3 Å². The summed E-state index contributed by atoms with van der Waals surface area (Å²) in [4.78, 5) is 0.553. The third kappa shape index (κ3) is 3.99. The Morgan fingerprint density at radius 1 is 1.15 bits per heavy atom. The average Bonchev–Trinajstić information content (AvgIpc) is 2.47. The van der Waals surface area contributed by atoms with Gasteiger partial charge in [0.25, 0.3) is 0 Å². The van der Waals surface area contributed by atoms with Gasteiger partial charge in [-0.3, -0.25) is 0 Å². The predicted molar refractivity (Wildman–Crippen MR) is 79.7 cm³/mol. The van der Waals surface area contributed by atoms with Gasteiger partial charge in [0.05, 0.1) is 12.7 Å². The van der Waals surface area contributed by atoms with Crippen molar-refractivity contribution in [2.75, 3.05) is 12.4 Å². The number of aliphatic hydroxyl groups excluding tert-OH is 1. The molecule has 106 valence electrons. The van der Waals surface area contributed by atoms with E-state index in [9.17, 15) is 9.50 Å². The number of halogens is 1. The van der Waals surface area contributed by atoms with E-state index in [4.69, 9.17) is 4.74 Å². The van der Waals surface area contributed by atoms with E-state index in [1.54, 1.807) is 18.2 Å². The number of benzene rings is 2. The van der Waals surface area contributed by atoms with E-state index in [0.29, 0.717) is 17.3 Å². The van der Waals surface area contributed by atoms with Crippen LogP contribution >= 0.6 is 11.8 Å². The maximum Gasteiger partial charge on any atom is 0.136 e. The summed E-state index contributed by atoms with van der Waals surface area (Å²) in [6, 6.07) is 13.9. The van der Waals surface area contributed by atoms with E-state index in [1.807, 2.05) is 31.2 Å². The summed E-state index contributed by atoms with van der Waals surface area (Å²) in [6.45, 7) is 2.54. The van der Waals surface area contributed by atoms with Crippen LogP contribution in [0, 0.1) is 5.82 Å². The highest BCUT2D eigenvalue weighted by Crippen LogP contribution is 2.27. The first-order valence-corrected chi connectivity index (χ1v) is 7.47. The Morgan fingerprint density at radius 2 is 1.85 bits per heavy atom. The summed E-state index contributed by atoms with van der Waals surface area (Å²) < 4.78 is 18.8. The van der Waals surface area contributed by atoms with E-state index in [-0.39, 0.29) is 5.82 Å². The number of ether oxygens (including phenoxy) is 1. The van der Waals surface area contributed by atoms with Crippen LogP contribution < -0.4 is 4.74 Å². The van der Waals surface area contributed by atoms with Crippen LogP contribution in [0.4, 0.5) is 4.39 Å². The van der Waals surface area contributed by atoms with Crippen LogP contribution in [0.15, 0.2) is 53.4 Å². The molecule has 4 heteroatoms. The molecule has 1 unspecified atom stereocenters. The molecule has 0 aliphatic carbocycles. The lowest BCUT2D eigenvalue weighted by molar-refractivity contribution is 0.204. The van der Waals surface area contributed by atoms with E-state index >= 15 is 0 Å². The van der Waals surface area contributed by atoms with Crippen molar-refractivity contribution >= 4 is 11.8 Å². The maximum atomic E-state index is 13.5. The van der Waals surface area contributed by atoms with Gasteiger partial charge in [0.2, 0.25) is 0 Å². The van der Waals surface area contributed by atoms with Crippen molar-refractivity contribution in [3.8, 4) is 5.75 Å². The van der Waals surface area contributed by atoms with Crippen LogP contribution in [-0.2, 0) is 0 Å². The van der Waals surface area contributed by atoms with Crippen molar-refractivity contribution in [3.63, 3.8) is 0 Å². The number of aliphatic hydroxyl groups is 1. The highest BCUT2D eigenvalue weighted by Gasteiger charge is 2.10. The molecule has 0 saturated heterocycles. The molecule has 0 heterocycles. The molecule has 0 bridgehead atoms. The second kappa shape index (κ2) is 7.31. The Hall–Kier alpha value is -1.52. The van der Waals surface area contributed by atoms with Gasteiger partial charge < -0.3 is 9.84 Å². The lowest BCUT2D eigenvalue weighted by Gasteiger charge is -2.12. The quantitative estimate of drug-likeness (QED) is 0.814. The van der Waals surface area contributed by atoms with Crippen molar-refractivity contribution in [2.24, 2.45) is 0 Å². The average molecular weight is 292 g/mol. The fraction of sp³-hybridized carbons (Fsp3) is 0.250. The minimum atomic E-state index is -0.629.